The van der Waals surface area contributed by atoms with Gasteiger partial charge in [-0.3, -0.25) is 9.59 Å². The predicted octanol–water partition coefficient (Wildman–Crippen LogP) is 2.84. The fourth-order valence-corrected chi connectivity index (χ4v) is 3.28. The standard InChI is InChI=1S/C16H20N2O3S/c1-5-21-15(20)9-18-13-7-6-12(10(2)3)8-14(13)22-16(18)17-11(4)19/h6-8,10H,5,9H2,1-4H3. The van der Waals surface area contributed by atoms with E-state index in [1.54, 1.807) is 11.5 Å². The fraction of sp³-hybridized carbons (Fsp3) is 0.438. The first-order chi connectivity index (χ1) is 10.4. The van der Waals surface area contributed by atoms with E-state index in [9.17, 15) is 9.59 Å². The van der Waals surface area contributed by atoms with Gasteiger partial charge in [-0.1, -0.05) is 31.3 Å². The Balaban J connectivity index is 2.59. The monoisotopic (exact) mass is 320 g/mol. The van der Waals surface area contributed by atoms with E-state index in [0.29, 0.717) is 17.3 Å². The van der Waals surface area contributed by atoms with Crippen LogP contribution >= 0.6 is 11.3 Å². The second-order valence-electron chi connectivity index (χ2n) is 5.29. The summed E-state index contributed by atoms with van der Waals surface area (Å²) in [5.74, 6) is -0.202. The third kappa shape index (κ3) is 3.62. The maximum atomic E-state index is 11.8. The number of ether oxygens (including phenoxy) is 1. The summed E-state index contributed by atoms with van der Waals surface area (Å²) in [6, 6.07) is 6.10. The van der Waals surface area contributed by atoms with Gasteiger partial charge in [-0.2, -0.15) is 4.99 Å². The van der Waals surface area contributed by atoms with Gasteiger partial charge in [-0.15, -0.1) is 0 Å². The molecule has 0 aliphatic carbocycles. The fourth-order valence-electron chi connectivity index (χ4n) is 2.16. The number of nitrogens with zero attached hydrogens (tertiary/aromatic N) is 2. The van der Waals surface area contributed by atoms with Crippen molar-refractivity contribution >= 4 is 33.4 Å². The number of benzene rings is 1. The van der Waals surface area contributed by atoms with Crippen molar-refractivity contribution in [3.63, 3.8) is 0 Å². The molecule has 0 N–H and O–H groups in total. The van der Waals surface area contributed by atoms with Gasteiger partial charge in [0, 0.05) is 6.92 Å². The summed E-state index contributed by atoms with van der Waals surface area (Å²) in [7, 11) is 0. The zero-order chi connectivity index (χ0) is 16.3. The molecule has 2 rings (SSSR count). The molecule has 5 nitrogen and oxygen atoms in total. The molecule has 0 atom stereocenters. The quantitative estimate of drug-likeness (QED) is 0.814. The minimum Gasteiger partial charge on any atom is -0.465 e. The number of fused-ring (bicyclic) bond motifs is 1. The zero-order valence-electron chi connectivity index (χ0n) is 13.3. The first-order valence-electron chi connectivity index (χ1n) is 7.26. The van der Waals surface area contributed by atoms with Crippen LogP contribution in [0.15, 0.2) is 23.2 Å². The number of esters is 1. The third-order valence-electron chi connectivity index (χ3n) is 3.22. The SMILES string of the molecule is CCOC(=O)Cn1c(=NC(C)=O)sc2cc(C(C)C)ccc21. The average molecular weight is 320 g/mol. The molecule has 0 fully saturated rings. The van der Waals surface area contributed by atoms with Crippen LogP contribution in [0, 0.1) is 0 Å². The van der Waals surface area contributed by atoms with Gasteiger partial charge in [0.05, 0.1) is 16.8 Å². The van der Waals surface area contributed by atoms with Crippen molar-refractivity contribution in [1.82, 2.24) is 4.57 Å². The molecule has 1 amide bonds. The highest BCUT2D eigenvalue weighted by Crippen LogP contribution is 2.23. The molecule has 0 spiro atoms. The van der Waals surface area contributed by atoms with Crippen LogP contribution in [0.25, 0.3) is 10.2 Å². The molecule has 2 aromatic rings. The van der Waals surface area contributed by atoms with Gasteiger partial charge in [0.2, 0.25) is 5.91 Å². The van der Waals surface area contributed by atoms with Gasteiger partial charge < -0.3 is 9.30 Å². The van der Waals surface area contributed by atoms with Crippen LogP contribution < -0.4 is 4.80 Å². The number of hydrogen-bond acceptors (Lipinski definition) is 4. The van der Waals surface area contributed by atoms with E-state index >= 15 is 0 Å². The van der Waals surface area contributed by atoms with E-state index in [1.807, 2.05) is 12.1 Å². The minimum atomic E-state index is -0.333. The zero-order valence-corrected chi connectivity index (χ0v) is 14.1. The van der Waals surface area contributed by atoms with Crippen molar-refractivity contribution in [1.29, 1.82) is 0 Å². The Hall–Kier alpha value is -1.95. The Labute approximate surface area is 133 Å². The highest BCUT2D eigenvalue weighted by Gasteiger charge is 2.12. The van der Waals surface area contributed by atoms with E-state index < -0.39 is 0 Å². The molecule has 22 heavy (non-hydrogen) atoms. The molecule has 1 heterocycles. The van der Waals surface area contributed by atoms with Gasteiger partial charge >= 0.3 is 5.97 Å². The molecule has 0 aliphatic rings. The first-order valence-corrected chi connectivity index (χ1v) is 8.08. The van der Waals surface area contributed by atoms with Crippen molar-refractivity contribution in [2.24, 2.45) is 4.99 Å². The Morgan fingerprint density at radius 3 is 2.68 bits per heavy atom. The van der Waals surface area contributed by atoms with Crippen LogP contribution in [0.5, 0.6) is 0 Å². The van der Waals surface area contributed by atoms with Crippen LogP contribution in [0.3, 0.4) is 0 Å². The summed E-state index contributed by atoms with van der Waals surface area (Å²) in [6.45, 7) is 7.81. The molecule has 0 unspecified atom stereocenters. The largest absolute Gasteiger partial charge is 0.465 e. The van der Waals surface area contributed by atoms with Crippen molar-refractivity contribution in [2.45, 2.75) is 40.2 Å². The molecule has 118 valence electrons. The molecule has 1 aromatic heterocycles. The molecule has 0 saturated heterocycles. The molecule has 0 aliphatic heterocycles. The summed E-state index contributed by atoms with van der Waals surface area (Å²) < 4.78 is 7.75. The molecular formula is C16H20N2O3S. The first kappa shape index (κ1) is 16.4. The highest BCUT2D eigenvalue weighted by molar-refractivity contribution is 7.16. The molecule has 0 saturated carbocycles. The average Bonchev–Trinajstić information content (AvgIpc) is 2.75. The summed E-state index contributed by atoms with van der Waals surface area (Å²) in [5.41, 5.74) is 2.11. The predicted molar refractivity (Wildman–Crippen MR) is 86.8 cm³/mol. The second kappa shape index (κ2) is 6.87. The number of aromatic nitrogens is 1. The Morgan fingerprint density at radius 1 is 1.36 bits per heavy atom. The van der Waals surface area contributed by atoms with Crippen LogP contribution in [0.1, 0.15) is 39.2 Å². The molecule has 1 aromatic carbocycles. The van der Waals surface area contributed by atoms with E-state index in [0.717, 1.165) is 10.2 Å². The Bertz CT molecular complexity index is 771. The van der Waals surface area contributed by atoms with Gasteiger partial charge in [-0.25, -0.2) is 0 Å². The van der Waals surface area contributed by atoms with Crippen molar-refractivity contribution < 1.29 is 14.3 Å². The van der Waals surface area contributed by atoms with Crippen LogP contribution in [-0.2, 0) is 20.9 Å². The lowest BCUT2D eigenvalue weighted by Gasteiger charge is -2.07. The normalized spacial score (nSPS) is 12.1. The van der Waals surface area contributed by atoms with Crippen molar-refractivity contribution in [3.05, 3.63) is 28.6 Å². The van der Waals surface area contributed by atoms with Gasteiger partial charge in [0.15, 0.2) is 4.80 Å². The molecule has 0 bridgehead atoms. The van der Waals surface area contributed by atoms with E-state index in [4.69, 9.17) is 4.74 Å². The van der Waals surface area contributed by atoms with Crippen molar-refractivity contribution in [3.8, 4) is 0 Å². The van der Waals surface area contributed by atoms with Crippen molar-refractivity contribution in [2.75, 3.05) is 6.61 Å². The summed E-state index contributed by atoms with van der Waals surface area (Å²) >= 11 is 1.41. The lowest BCUT2D eigenvalue weighted by atomic mass is 10.0. The van der Waals surface area contributed by atoms with Crippen LogP contribution in [0.4, 0.5) is 0 Å². The number of amides is 1. The summed E-state index contributed by atoms with van der Waals surface area (Å²) in [4.78, 5) is 27.7. The van der Waals surface area contributed by atoms with Gasteiger partial charge in [0.25, 0.3) is 0 Å². The highest BCUT2D eigenvalue weighted by atomic mass is 32.1. The number of carbonyl (C=O) groups is 2. The van der Waals surface area contributed by atoms with E-state index in [2.05, 4.69) is 24.9 Å². The molecular weight excluding hydrogens is 300 g/mol. The number of rotatable bonds is 4. The Kier molecular flexibility index (Phi) is 5.13. The van der Waals surface area contributed by atoms with E-state index in [1.165, 1.54) is 23.8 Å². The lowest BCUT2D eigenvalue weighted by Crippen LogP contribution is -2.22. The number of hydrogen-bond donors (Lipinski definition) is 0. The van der Waals surface area contributed by atoms with Gasteiger partial charge in [-0.05, 0) is 30.5 Å². The van der Waals surface area contributed by atoms with E-state index in [-0.39, 0.29) is 18.4 Å². The molecule has 6 heteroatoms. The van der Waals surface area contributed by atoms with Crippen LogP contribution in [-0.4, -0.2) is 23.1 Å². The minimum absolute atomic E-state index is 0.0565. The maximum Gasteiger partial charge on any atom is 0.326 e. The number of thiazole rings is 1. The lowest BCUT2D eigenvalue weighted by molar-refractivity contribution is -0.143. The summed E-state index contributed by atoms with van der Waals surface area (Å²) in [6.07, 6.45) is 0. The third-order valence-corrected chi connectivity index (χ3v) is 4.26. The topological polar surface area (TPSA) is 60.7 Å². The smallest absolute Gasteiger partial charge is 0.326 e. The maximum absolute atomic E-state index is 11.8. The second-order valence-corrected chi connectivity index (χ2v) is 6.30. The Morgan fingerprint density at radius 2 is 2.09 bits per heavy atom. The van der Waals surface area contributed by atoms with Gasteiger partial charge in [0.1, 0.15) is 6.54 Å². The molecule has 0 radical (unpaired) electrons. The van der Waals surface area contributed by atoms with Crippen LogP contribution in [0.2, 0.25) is 0 Å². The summed E-state index contributed by atoms with van der Waals surface area (Å²) in [5, 5.41) is 0. The number of carbonyl (C=O) groups excluding carboxylic acids is 2.